The summed E-state index contributed by atoms with van der Waals surface area (Å²) in [6.45, 7) is 3.99. The predicted octanol–water partition coefficient (Wildman–Crippen LogP) is 5.55. The van der Waals surface area contributed by atoms with Crippen LogP contribution in [0.5, 0.6) is 0 Å². The van der Waals surface area contributed by atoms with E-state index in [1.54, 1.807) is 0 Å². The second kappa shape index (κ2) is 7.66. The summed E-state index contributed by atoms with van der Waals surface area (Å²) in [4.78, 5) is 29.1. The number of hydrogen-bond donors (Lipinski definition) is 0. The summed E-state index contributed by atoms with van der Waals surface area (Å²) in [5, 5.41) is 0. The molecule has 0 bridgehead atoms. The predicted molar refractivity (Wildman–Crippen MR) is 123 cm³/mol. The minimum atomic E-state index is -0.412. The fourth-order valence-corrected chi connectivity index (χ4v) is 5.15. The monoisotopic (exact) mass is 407 g/mol. The smallest absolute Gasteiger partial charge is 0.238 e. The lowest BCUT2D eigenvalue weighted by atomic mass is 9.68. The molecule has 3 aromatic carbocycles. The maximum Gasteiger partial charge on any atom is 0.238 e. The van der Waals surface area contributed by atoms with Gasteiger partial charge in [0, 0.05) is 11.8 Å². The van der Waals surface area contributed by atoms with Crippen molar-refractivity contribution in [1.29, 1.82) is 0 Å². The van der Waals surface area contributed by atoms with Crippen LogP contribution >= 0.6 is 0 Å². The lowest BCUT2D eigenvalue weighted by Crippen LogP contribution is -2.32. The van der Waals surface area contributed by atoms with Crippen LogP contribution in [0.3, 0.4) is 0 Å². The van der Waals surface area contributed by atoms with Crippen molar-refractivity contribution >= 4 is 17.5 Å². The Morgan fingerprint density at radius 2 is 1.10 bits per heavy atom. The minimum Gasteiger partial charge on any atom is -0.274 e. The largest absolute Gasteiger partial charge is 0.274 e. The topological polar surface area (TPSA) is 37.4 Å². The molecule has 1 heterocycles. The summed E-state index contributed by atoms with van der Waals surface area (Å²) in [6, 6.07) is 25.9. The standard InChI is InChI=1S/C28H25NO2/c1-18-10-9-15-24(19(18)2)29-27(30)25-22(20-11-5-3-6-12-20)16-17-23(26(25)28(29)31)21-13-7-4-8-14-21/h3-17,22-23,25-26H,1-2H3/t22-,23-,25-,26+/m1/s1. The van der Waals surface area contributed by atoms with Gasteiger partial charge >= 0.3 is 0 Å². The van der Waals surface area contributed by atoms with Crippen LogP contribution in [0, 0.1) is 25.7 Å². The average Bonchev–Trinajstić information content (AvgIpc) is 3.07. The van der Waals surface area contributed by atoms with Gasteiger partial charge in [0.2, 0.25) is 11.8 Å². The Morgan fingerprint density at radius 1 is 0.613 bits per heavy atom. The van der Waals surface area contributed by atoms with Crippen LogP contribution in [0.2, 0.25) is 0 Å². The number of imide groups is 1. The third-order valence-corrected chi connectivity index (χ3v) is 6.88. The molecule has 1 saturated heterocycles. The van der Waals surface area contributed by atoms with Crippen LogP contribution in [-0.4, -0.2) is 11.8 Å². The molecule has 0 saturated carbocycles. The lowest BCUT2D eigenvalue weighted by Gasteiger charge is -2.32. The maximum absolute atomic E-state index is 13.8. The second-order valence-electron chi connectivity index (χ2n) is 8.54. The number of anilines is 1. The third kappa shape index (κ3) is 3.12. The number of hydrogen-bond acceptors (Lipinski definition) is 2. The Balaban J connectivity index is 1.65. The van der Waals surface area contributed by atoms with Crippen molar-refractivity contribution in [2.75, 3.05) is 4.90 Å². The zero-order chi connectivity index (χ0) is 21.5. The maximum atomic E-state index is 13.8. The highest BCUT2D eigenvalue weighted by atomic mass is 16.2. The summed E-state index contributed by atoms with van der Waals surface area (Å²) < 4.78 is 0. The molecule has 5 rings (SSSR count). The van der Waals surface area contributed by atoms with Crippen molar-refractivity contribution in [3.05, 3.63) is 113 Å². The molecule has 1 aliphatic carbocycles. The van der Waals surface area contributed by atoms with E-state index in [1.165, 1.54) is 4.90 Å². The van der Waals surface area contributed by atoms with Gasteiger partial charge in [-0.15, -0.1) is 0 Å². The van der Waals surface area contributed by atoms with E-state index in [0.717, 1.165) is 22.3 Å². The summed E-state index contributed by atoms with van der Waals surface area (Å²) in [5.41, 5.74) is 4.91. The zero-order valence-electron chi connectivity index (χ0n) is 17.7. The van der Waals surface area contributed by atoms with Crippen molar-refractivity contribution in [2.24, 2.45) is 11.8 Å². The van der Waals surface area contributed by atoms with Crippen LogP contribution < -0.4 is 4.90 Å². The number of carbonyl (C=O) groups excluding carboxylic acids is 2. The lowest BCUT2D eigenvalue weighted by molar-refractivity contribution is -0.122. The number of nitrogens with zero attached hydrogens (tertiary/aromatic N) is 1. The van der Waals surface area contributed by atoms with Gasteiger partial charge in [0.1, 0.15) is 0 Å². The van der Waals surface area contributed by atoms with Gasteiger partial charge in [0.15, 0.2) is 0 Å². The Hall–Kier alpha value is -3.46. The molecule has 0 radical (unpaired) electrons. The second-order valence-corrected chi connectivity index (χ2v) is 8.54. The molecule has 0 spiro atoms. The SMILES string of the molecule is Cc1cccc(N2C(=O)[C@@H]3[C@H](C2=O)[C@@H](c2ccccc2)C=C[C@@H]3c2ccccc2)c1C. The van der Waals surface area contributed by atoms with E-state index in [-0.39, 0.29) is 23.7 Å². The van der Waals surface area contributed by atoms with Gasteiger partial charge < -0.3 is 0 Å². The van der Waals surface area contributed by atoms with Crippen LogP contribution in [0.1, 0.15) is 34.1 Å². The van der Waals surface area contributed by atoms with Crippen molar-refractivity contribution in [2.45, 2.75) is 25.7 Å². The number of fused-ring (bicyclic) bond motifs is 1. The van der Waals surface area contributed by atoms with Crippen LogP contribution in [0.15, 0.2) is 91.0 Å². The van der Waals surface area contributed by atoms with Gasteiger partial charge in [-0.05, 0) is 42.2 Å². The highest BCUT2D eigenvalue weighted by molar-refractivity contribution is 6.23. The van der Waals surface area contributed by atoms with Crippen molar-refractivity contribution in [3.63, 3.8) is 0 Å². The van der Waals surface area contributed by atoms with Gasteiger partial charge in [0.25, 0.3) is 0 Å². The fraction of sp³-hybridized carbons (Fsp3) is 0.214. The summed E-state index contributed by atoms with van der Waals surface area (Å²) in [7, 11) is 0. The molecule has 2 aliphatic rings. The molecule has 3 aromatic rings. The van der Waals surface area contributed by atoms with Gasteiger partial charge in [0.05, 0.1) is 17.5 Å². The first-order chi connectivity index (χ1) is 15.1. The number of allylic oxidation sites excluding steroid dienone is 2. The van der Waals surface area contributed by atoms with Gasteiger partial charge in [-0.2, -0.15) is 0 Å². The molecule has 0 N–H and O–H groups in total. The summed E-state index contributed by atoms with van der Waals surface area (Å²) in [5.74, 6) is -1.24. The molecule has 154 valence electrons. The van der Waals surface area contributed by atoms with E-state index in [4.69, 9.17) is 0 Å². The molecular weight excluding hydrogens is 382 g/mol. The normalized spacial score (nSPS) is 25.0. The van der Waals surface area contributed by atoms with Crippen molar-refractivity contribution in [3.8, 4) is 0 Å². The molecule has 3 heteroatoms. The third-order valence-electron chi connectivity index (χ3n) is 6.88. The molecule has 3 nitrogen and oxygen atoms in total. The molecule has 1 aliphatic heterocycles. The van der Waals surface area contributed by atoms with E-state index in [0.29, 0.717) is 5.69 Å². The van der Waals surface area contributed by atoms with E-state index in [9.17, 15) is 9.59 Å². The average molecular weight is 408 g/mol. The van der Waals surface area contributed by atoms with Crippen LogP contribution in [0.4, 0.5) is 5.69 Å². The van der Waals surface area contributed by atoms with Gasteiger partial charge in [-0.25, -0.2) is 4.90 Å². The number of aryl methyl sites for hydroxylation is 1. The molecule has 2 amide bonds. The van der Waals surface area contributed by atoms with Gasteiger partial charge in [-0.3, -0.25) is 9.59 Å². The Labute approximate surface area is 183 Å². The van der Waals surface area contributed by atoms with E-state index < -0.39 is 11.8 Å². The minimum absolute atomic E-state index is 0.0946. The van der Waals surface area contributed by atoms with Crippen molar-refractivity contribution in [1.82, 2.24) is 0 Å². The summed E-state index contributed by atoms with van der Waals surface area (Å²) >= 11 is 0. The Kier molecular flexibility index (Phi) is 4.82. The van der Waals surface area contributed by atoms with Gasteiger partial charge in [-0.1, -0.05) is 84.9 Å². The highest BCUT2D eigenvalue weighted by Gasteiger charge is 2.55. The number of rotatable bonds is 3. The number of amides is 2. The Morgan fingerprint density at radius 3 is 1.58 bits per heavy atom. The molecule has 4 atom stereocenters. The zero-order valence-corrected chi connectivity index (χ0v) is 17.7. The number of carbonyl (C=O) groups is 2. The number of benzene rings is 3. The quantitative estimate of drug-likeness (QED) is 0.422. The van der Waals surface area contributed by atoms with Crippen molar-refractivity contribution < 1.29 is 9.59 Å². The first kappa shape index (κ1) is 19.5. The first-order valence-corrected chi connectivity index (χ1v) is 10.8. The molecule has 0 unspecified atom stereocenters. The van der Waals surface area contributed by atoms with E-state index in [1.807, 2.05) is 92.7 Å². The van der Waals surface area contributed by atoms with Crippen LogP contribution in [0.25, 0.3) is 0 Å². The van der Waals surface area contributed by atoms with E-state index >= 15 is 0 Å². The Bertz CT molecular complexity index is 1100. The molecule has 1 fully saturated rings. The van der Waals surface area contributed by atoms with E-state index in [2.05, 4.69) is 12.2 Å². The first-order valence-electron chi connectivity index (χ1n) is 10.8. The summed E-state index contributed by atoms with van der Waals surface area (Å²) in [6.07, 6.45) is 4.26. The highest BCUT2D eigenvalue weighted by Crippen LogP contribution is 2.50. The molecular formula is C28H25NO2. The molecule has 31 heavy (non-hydrogen) atoms. The van der Waals surface area contributed by atoms with Crippen LogP contribution in [-0.2, 0) is 9.59 Å². The fourth-order valence-electron chi connectivity index (χ4n) is 5.15. The molecule has 0 aromatic heterocycles.